The molecule has 76 valence electrons. The van der Waals surface area contributed by atoms with Crippen molar-refractivity contribution in [2.24, 2.45) is 5.16 Å². The topological polar surface area (TPSA) is 21.6 Å². The fourth-order valence-corrected chi connectivity index (χ4v) is 1.76. The summed E-state index contributed by atoms with van der Waals surface area (Å²) in [6.45, 7) is 0. The lowest BCUT2D eigenvalue weighted by Gasteiger charge is -2.06. The summed E-state index contributed by atoms with van der Waals surface area (Å²) in [7, 11) is 1.51. The molecule has 0 fully saturated rings. The molecular formula is C9H8Br2ClNO. The molecule has 1 aromatic rings. The zero-order valence-electron chi connectivity index (χ0n) is 7.38. The van der Waals surface area contributed by atoms with Gasteiger partial charge in [-0.05, 0) is 12.1 Å². The monoisotopic (exact) mass is 339 g/mol. The van der Waals surface area contributed by atoms with E-state index in [0.29, 0.717) is 5.02 Å². The van der Waals surface area contributed by atoms with E-state index in [0.717, 1.165) is 11.3 Å². The molecule has 1 aromatic carbocycles. The fraction of sp³-hybridized carbons (Fsp3) is 0.222. The number of oxime groups is 1. The van der Waals surface area contributed by atoms with Crippen molar-refractivity contribution >= 4 is 49.2 Å². The van der Waals surface area contributed by atoms with E-state index in [1.807, 2.05) is 24.3 Å². The van der Waals surface area contributed by atoms with Crippen LogP contribution in [-0.2, 0) is 4.84 Å². The quantitative estimate of drug-likeness (QED) is 0.465. The van der Waals surface area contributed by atoms with Crippen molar-refractivity contribution in [1.82, 2.24) is 0 Å². The summed E-state index contributed by atoms with van der Waals surface area (Å²) >= 11 is 12.5. The van der Waals surface area contributed by atoms with Gasteiger partial charge in [-0.1, -0.05) is 60.7 Å². The summed E-state index contributed by atoms with van der Waals surface area (Å²) in [5, 5.41) is 4.60. The van der Waals surface area contributed by atoms with E-state index in [9.17, 15) is 0 Å². The summed E-state index contributed by atoms with van der Waals surface area (Å²) in [4.78, 5) is 4.74. The molecule has 0 heterocycles. The highest BCUT2D eigenvalue weighted by molar-refractivity contribution is 9.25. The molecule has 0 aromatic heterocycles. The Morgan fingerprint density at radius 2 is 1.93 bits per heavy atom. The van der Waals surface area contributed by atoms with Crippen LogP contribution in [0.25, 0.3) is 0 Å². The summed E-state index contributed by atoms with van der Waals surface area (Å²) in [6, 6.07) is 7.39. The molecule has 0 saturated carbocycles. The molecule has 0 aliphatic rings. The molecule has 0 unspecified atom stereocenters. The van der Waals surface area contributed by atoms with Crippen molar-refractivity contribution in [3.8, 4) is 0 Å². The van der Waals surface area contributed by atoms with Gasteiger partial charge in [-0.3, -0.25) is 0 Å². The molecule has 0 bridgehead atoms. The number of rotatable bonds is 3. The van der Waals surface area contributed by atoms with E-state index in [4.69, 9.17) is 16.4 Å². The third-order valence-corrected chi connectivity index (χ3v) is 2.66. The SMILES string of the molecule is CO/N=C(\c1ccc(Cl)cc1)C(Br)Br. The average molecular weight is 341 g/mol. The van der Waals surface area contributed by atoms with Gasteiger partial charge in [0.2, 0.25) is 0 Å². The van der Waals surface area contributed by atoms with E-state index >= 15 is 0 Å². The number of hydrogen-bond acceptors (Lipinski definition) is 2. The maximum absolute atomic E-state index is 5.78. The van der Waals surface area contributed by atoms with Gasteiger partial charge >= 0.3 is 0 Å². The van der Waals surface area contributed by atoms with Gasteiger partial charge in [0.05, 0.1) is 0 Å². The Bertz CT molecular complexity index is 324. The number of alkyl halides is 2. The van der Waals surface area contributed by atoms with Gasteiger partial charge in [-0.2, -0.15) is 0 Å². The Morgan fingerprint density at radius 1 is 1.36 bits per heavy atom. The normalized spacial score (nSPS) is 11.9. The Hall–Kier alpha value is -0.0600. The van der Waals surface area contributed by atoms with Gasteiger partial charge in [0.15, 0.2) is 0 Å². The number of benzene rings is 1. The van der Waals surface area contributed by atoms with Gasteiger partial charge in [-0.15, -0.1) is 0 Å². The van der Waals surface area contributed by atoms with Crippen molar-refractivity contribution in [1.29, 1.82) is 0 Å². The summed E-state index contributed by atoms with van der Waals surface area (Å²) < 4.78 is -0.0453. The number of nitrogens with zero attached hydrogens (tertiary/aromatic N) is 1. The molecule has 1 rings (SSSR count). The molecule has 0 saturated heterocycles. The van der Waals surface area contributed by atoms with Gasteiger partial charge < -0.3 is 4.84 Å². The lowest BCUT2D eigenvalue weighted by atomic mass is 10.1. The summed E-state index contributed by atoms with van der Waals surface area (Å²) in [6.07, 6.45) is 0. The summed E-state index contributed by atoms with van der Waals surface area (Å²) in [5.41, 5.74) is 1.72. The molecule has 5 heteroatoms. The predicted molar refractivity (Wildman–Crippen MR) is 66.6 cm³/mol. The van der Waals surface area contributed by atoms with E-state index in [-0.39, 0.29) is 3.74 Å². The fourth-order valence-electron chi connectivity index (χ4n) is 0.938. The smallest absolute Gasteiger partial charge is 0.116 e. The first kappa shape index (κ1) is 12.0. The maximum atomic E-state index is 5.78. The van der Waals surface area contributed by atoms with E-state index in [1.165, 1.54) is 7.11 Å². The highest BCUT2D eigenvalue weighted by Gasteiger charge is 2.11. The molecule has 0 aliphatic carbocycles. The van der Waals surface area contributed by atoms with Crippen molar-refractivity contribution in [3.63, 3.8) is 0 Å². The largest absolute Gasteiger partial charge is 0.399 e. The third kappa shape index (κ3) is 3.26. The van der Waals surface area contributed by atoms with Crippen molar-refractivity contribution < 1.29 is 4.84 Å². The van der Waals surface area contributed by atoms with Crippen LogP contribution in [0.3, 0.4) is 0 Å². The minimum Gasteiger partial charge on any atom is -0.399 e. The molecule has 14 heavy (non-hydrogen) atoms. The van der Waals surface area contributed by atoms with Crippen molar-refractivity contribution in [2.45, 2.75) is 3.74 Å². The van der Waals surface area contributed by atoms with Crippen LogP contribution in [-0.4, -0.2) is 16.6 Å². The molecule has 0 radical (unpaired) electrons. The van der Waals surface area contributed by atoms with Crippen LogP contribution >= 0.6 is 43.5 Å². The van der Waals surface area contributed by atoms with E-state index in [1.54, 1.807) is 0 Å². The number of hydrogen-bond donors (Lipinski definition) is 0. The third-order valence-electron chi connectivity index (χ3n) is 1.54. The van der Waals surface area contributed by atoms with Crippen LogP contribution in [0.5, 0.6) is 0 Å². The lowest BCUT2D eigenvalue weighted by molar-refractivity contribution is 0.213. The van der Waals surface area contributed by atoms with Crippen LogP contribution in [0.15, 0.2) is 29.4 Å². The van der Waals surface area contributed by atoms with Crippen LogP contribution in [0.2, 0.25) is 5.02 Å². The molecule has 0 amide bonds. The second-order valence-corrected chi connectivity index (χ2v) is 5.96. The minimum absolute atomic E-state index is 0.0453. The molecule has 0 N–H and O–H groups in total. The summed E-state index contributed by atoms with van der Waals surface area (Å²) in [5.74, 6) is 0. The molecular weight excluding hydrogens is 333 g/mol. The molecule has 0 aliphatic heterocycles. The van der Waals surface area contributed by atoms with E-state index in [2.05, 4.69) is 37.0 Å². The van der Waals surface area contributed by atoms with Gasteiger partial charge in [0, 0.05) is 10.6 Å². The maximum Gasteiger partial charge on any atom is 0.116 e. The van der Waals surface area contributed by atoms with Gasteiger partial charge in [0.1, 0.15) is 16.6 Å². The lowest BCUT2D eigenvalue weighted by Crippen LogP contribution is -2.09. The van der Waals surface area contributed by atoms with Crippen LogP contribution in [0.4, 0.5) is 0 Å². The standard InChI is InChI=1S/C9H8Br2ClNO/c1-14-13-8(9(10)11)6-2-4-7(12)5-3-6/h2-5,9H,1H3/b13-8+. The minimum atomic E-state index is -0.0453. The van der Waals surface area contributed by atoms with Crippen molar-refractivity contribution in [3.05, 3.63) is 34.9 Å². The Labute approximate surface area is 105 Å². The van der Waals surface area contributed by atoms with Crippen LogP contribution in [0, 0.1) is 0 Å². The Balaban J connectivity index is 3.00. The Kier molecular flexibility index (Phi) is 4.92. The first-order valence-corrected chi connectivity index (χ1v) is 6.01. The highest BCUT2D eigenvalue weighted by atomic mass is 79.9. The molecule has 2 nitrogen and oxygen atoms in total. The average Bonchev–Trinajstić information content (AvgIpc) is 2.15. The zero-order valence-corrected chi connectivity index (χ0v) is 11.3. The Morgan fingerprint density at radius 3 is 2.36 bits per heavy atom. The zero-order chi connectivity index (χ0) is 10.6. The van der Waals surface area contributed by atoms with Crippen LogP contribution < -0.4 is 0 Å². The predicted octanol–water partition coefficient (Wildman–Crippen LogP) is 3.81. The van der Waals surface area contributed by atoms with Gasteiger partial charge in [-0.25, -0.2) is 0 Å². The second kappa shape index (κ2) is 5.73. The number of halogens is 3. The highest BCUT2D eigenvalue weighted by Crippen LogP contribution is 2.18. The second-order valence-electron chi connectivity index (χ2n) is 2.47. The van der Waals surface area contributed by atoms with Crippen LogP contribution in [0.1, 0.15) is 5.56 Å². The first-order chi connectivity index (χ1) is 6.65. The first-order valence-electron chi connectivity index (χ1n) is 3.80. The molecule has 0 spiro atoms. The van der Waals surface area contributed by atoms with E-state index < -0.39 is 0 Å². The molecule has 0 atom stereocenters. The van der Waals surface area contributed by atoms with Crippen molar-refractivity contribution in [2.75, 3.05) is 7.11 Å². The van der Waals surface area contributed by atoms with Gasteiger partial charge in [0.25, 0.3) is 0 Å².